The van der Waals surface area contributed by atoms with Gasteiger partial charge in [-0.05, 0) is 51.8 Å². The molecule has 1 atom stereocenters. The average Bonchev–Trinajstić information content (AvgIpc) is 3.04. The topological polar surface area (TPSA) is 74.3 Å². The summed E-state index contributed by atoms with van der Waals surface area (Å²) in [5.74, 6) is -0.0870. The molecule has 1 aromatic carbocycles. The van der Waals surface area contributed by atoms with E-state index in [4.69, 9.17) is 10.2 Å². The van der Waals surface area contributed by atoms with E-state index in [1.807, 2.05) is 56.5 Å². The summed E-state index contributed by atoms with van der Waals surface area (Å²) in [6, 6.07) is 10.2. The van der Waals surface area contributed by atoms with Crippen molar-refractivity contribution in [3.63, 3.8) is 0 Å². The van der Waals surface area contributed by atoms with Gasteiger partial charge >= 0.3 is 0 Å². The van der Waals surface area contributed by atoms with E-state index in [1.165, 1.54) is 0 Å². The maximum Gasteiger partial charge on any atom is 0.222 e. The zero-order valence-corrected chi connectivity index (χ0v) is 16.4. The molecule has 3 aromatic rings. The van der Waals surface area contributed by atoms with E-state index in [1.54, 1.807) is 4.90 Å². The molecular formula is C21H25N5O. The Balaban J connectivity index is 1.86. The van der Waals surface area contributed by atoms with Gasteiger partial charge in [0, 0.05) is 36.3 Å². The third-order valence-electron chi connectivity index (χ3n) is 5.06. The number of amides is 1. The van der Waals surface area contributed by atoms with Crippen molar-refractivity contribution in [3.8, 4) is 6.07 Å². The molecule has 1 unspecified atom stereocenters. The molecule has 27 heavy (non-hydrogen) atoms. The van der Waals surface area contributed by atoms with Crippen LogP contribution >= 0.6 is 0 Å². The average molecular weight is 363 g/mol. The van der Waals surface area contributed by atoms with Crippen LogP contribution in [-0.4, -0.2) is 38.5 Å². The van der Waals surface area contributed by atoms with Gasteiger partial charge in [0.1, 0.15) is 0 Å². The Labute approximate surface area is 159 Å². The molecule has 0 aliphatic heterocycles. The second-order valence-electron chi connectivity index (χ2n) is 6.98. The molecular weight excluding hydrogens is 338 g/mol. The van der Waals surface area contributed by atoms with Crippen LogP contribution in [0.3, 0.4) is 0 Å². The summed E-state index contributed by atoms with van der Waals surface area (Å²) in [5.41, 5.74) is 4.80. The first-order chi connectivity index (χ1) is 13.0. The number of nitriles is 1. The van der Waals surface area contributed by atoms with Crippen LogP contribution in [0.5, 0.6) is 0 Å². The van der Waals surface area contributed by atoms with Crippen molar-refractivity contribution in [1.82, 2.24) is 19.5 Å². The predicted octanol–water partition coefficient (Wildman–Crippen LogP) is 3.44. The van der Waals surface area contributed by atoms with Crippen LogP contribution in [0.4, 0.5) is 0 Å². The normalized spacial score (nSPS) is 12.3. The zero-order chi connectivity index (χ0) is 19.6. The SMILES string of the molecule is CCN(CC(C)C#N)C(=O)CCc1c(C)nc2c3ccccc3nn2c1C. The van der Waals surface area contributed by atoms with Crippen LogP contribution in [0, 0.1) is 31.1 Å². The number of aryl methyl sites for hydroxylation is 2. The highest BCUT2D eigenvalue weighted by Crippen LogP contribution is 2.23. The molecule has 0 spiro atoms. The lowest BCUT2D eigenvalue weighted by atomic mass is 10.1. The molecule has 6 nitrogen and oxygen atoms in total. The van der Waals surface area contributed by atoms with Gasteiger partial charge in [0.05, 0.1) is 17.5 Å². The molecule has 0 saturated heterocycles. The second kappa shape index (κ2) is 7.75. The number of hydrogen-bond acceptors (Lipinski definition) is 4. The van der Waals surface area contributed by atoms with E-state index in [0.29, 0.717) is 25.9 Å². The van der Waals surface area contributed by atoms with Crippen molar-refractivity contribution in [2.45, 2.75) is 40.5 Å². The first-order valence-electron chi connectivity index (χ1n) is 9.37. The number of hydrogen-bond donors (Lipinski definition) is 0. The number of fused-ring (bicyclic) bond motifs is 3. The minimum absolute atomic E-state index is 0.0733. The molecule has 1 amide bonds. The van der Waals surface area contributed by atoms with Crippen LogP contribution in [0.2, 0.25) is 0 Å². The summed E-state index contributed by atoms with van der Waals surface area (Å²) in [5, 5.41) is 14.7. The summed E-state index contributed by atoms with van der Waals surface area (Å²) in [4.78, 5) is 19.1. The summed E-state index contributed by atoms with van der Waals surface area (Å²) in [6.45, 7) is 8.90. The Morgan fingerprint density at radius 2 is 2.07 bits per heavy atom. The fourth-order valence-electron chi connectivity index (χ4n) is 3.51. The molecule has 0 radical (unpaired) electrons. The number of carbonyl (C=O) groups is 1. The van der Waals surface area contributed by atoms with Crippen LogP contribution in [0.15, 0.2) is 24.3 Å². The molecule has 140 valence electrons. The van der Waals surface area contributed by atoms with Crippen LogP contribution < -0.4 is 0 Å². The molecule has 0 aliphatic rings. The second-order valence-corrected chi connectivity index (χ2v) is 6.98. The predicted molar refractivity (Wildman–Crippen MR) is 105 cm³/mol. The Morgan fingerprint density at radius 3 is 2.78 bits per heavy atom. The fourth-order valence-corrected chi connectivity index (χ4v) is 3.51. The standard InChI is InChI=1S/C21H25N5O/c1-5-25(13-14(2)12-22)20(27)11-10-17-15(3)23-21-18-8-6-7-9-19(18)24-26(21)16(17)4/h6-9,14H,5,10-11,13H2,1-4H3. The molecule has 0 aliphatic carbocycles. The highest BCUT2D eigenvalue weighted by Gasteiger charge is 2.18. The van der Waals surface area contributed by atoms with Crippen molar-refractivity contribution in [3.05, 3.63) is 41.2 Å². The van der Waals surface area contributed by atoms with Gasteiger partial charge in [-0.2, -0.15) is 10.4 Å². The lowest BCUT2D eigenvalue weighted by Gasteiger charge is -2.22. The lowest BCUT2D eigenvalue weighted by molar-refractivity contribution is -0.131. The van der Waals surface area contributed by atoms with E-state index in [-0.39, 0.29) is 11.8 Å². The minimum atomic E-state index is -0.160. The molecule has 0 bridgehead atoms. The van der Waals surface area contributed by atoms with E-state index < -0.39 is 0 Å². The number of benzene rings is 1. The van der Waals surface area contributed by atoms with E-state index in [2.05, 4.69) is 11.2 Å². The monoisotopic (exact) mass is 363 g/mol. The van der Waals surface area contributed by atoms with Crippen LogP contribution in [0.25, 0.3) is 16.6 Å². The molecule has 3 rings (SSSR count). The maximum absolute atomic E-state index is 12.6. The van der Waals surface area contributed by atoms with Crippen molar-refractivity contribution in [2.75, 3.05) is 13.1 Å². The zero-order valence-electron chi connectivity index (χ0n) is 16.4. The van der Waals surface area contributed by atoms with Crippen molar-refractivity contribution < 1.29 is 4.79 Å². The van der Waals surface area contributed by atoms with E-state index >= 15 is 0 Å². The minimum Gasteiger partial charge on any atom is -0.342 e. The Hall–Kier alpha value is -2.94. The van der Waals surface area contributed by atoms with Gasteiger partial charge in [0.25, 0.3) is 0 Å². The van der Waals surface area contributed by atoms with E-state index in [9.17, 15) is 4.79 Å². The quantitative estimate of drug-likeness (QED) is 0.672. The number of aromatic nitrogens is 3. The first kappa shape index (κ1) is 18.8. The van der Waals surface area contributed by atoms with Gasteiger partial charge in [-0.3, -0.25) is 4.79 Å². The molecule has 0 N–H and O–H groups in total. The molecule has 0 fully saturated rings. The summed E-state index contributed by atoms with van der Waals surface area (Å²) in [6.07, 6.45) is 1.02. The van der Waals surface area contributed by atoms with E-state index in [0.717, 1.165) is 33.5 Å². The highest BCUT2D eigenvalue weighted by molar-refractivity contribution is 5.92. The van der Waals surface area contributed by atoms with Crippen LogP contribution in [0.1, 0.15) is 37.2 Å². The number of carbonyl (C=O) groups excluding carboxylic acids is 1. The summed E-state index contributed by atoms with van der Waals surface area (Å²) >= 11 is 0. The largest absolute Gasteiger partial charge is 0.342 e. The van der Waals surface area contributed by atoms with Crippen LogP contribution in [-0.2, 0) is 11.2 Å². The third-order valence-corrected chi connectivity index (χ3v) is 5.06. The molecule has 6 heteroatoms. The Morgan fingerprint density at radius 1 is 1.33 bits per heavy atom. The third kappa shape index (κ3) is 3.63. The van der Waals surface area contributed by atoms with Gasteiger partial charge in [0.2, 0.25) is 5.91 Å². The fraction of sp³-hybridized carbons (Fsp3) is 0.429. The number of nitrogens with zero attached hydrogens (tertiary/aromatic N) is 5. The van der Waals surface area contributed by atoms with Gasteiger partial charge in [-0.1, -0.05) is 12.1 Å². The Kier molecular flexibility index (Phi) is 5.41. The van der Waals surface area contributed by atoms with Gasteiger partial charge in [0.15, 0.2) is 5.65 Å². The van der Waals surface area contributed by atoms with Crippen molar-refractivity contribution in [1.29, 1.82) is 5.26 Å². The summed E-state index contributed by atoms with van der Waals surface area (Å²) < 4.78 is 1.88. The summed E-state index contributed by atoms with van der Waals surface area (Å²) in [7, 11) is 0. The molecule has 0 saturated carbocycles. The van der Waals surface area contributed by atoms with Gasteiger partial charge in [-0.25, -0.2) is 9.50 Å². The number of rotatable bonds is 6. The van der Waals surface area contributed by atoms with Crippen molar-refractivity contribution in [2.24, 2.45) is 5.92 Å². The van der Waals surface area contributed by atoms with Crippen molar-refractivity contribution >= 4 is 22.5 Å². The Bertz CT molecular complexity index is 1030. The van der Waals surface area contributed by atoms with Gasteiger partial charge < -0.3 is 4.90 Å². The molecule has 2 aromatic heterocycles. The lowest BCUT2D eigenvalue weighted by Crippen LogP contribution is -2.34. The smallest absolute Gasteiger partial charge is 0.222 e. The van der Waals surface area contributed by atoms with Gasteiger partial charge in [-0.15, -0.1) is 0 Å². The molecule has 2 heterocycles. The maximum atomic E-state index is 12.6. The first-order valence-corrected chi connectivity index (χ1v) is 9.37. The highest BCUT2D eigenvalue weighted by atomic mass is 16.2.